The number of thiophene rings is 1. The first-order valence-electron chi connectivity index (χ1n) is 10.0. The number of benzene rings is 1. The van der Waals surface area contributed by atoms with Gasteiger partial charge >= 0.3 is 5.97 Å². The fourth-order valence-electron chi connectivity index (χ4n) is 3.73. The monoisotopic (exact) mass is 458 g/mol. The molecule has 31 heavy (non-hydrogen) atoms. The molecule has 0 amide bonds. The summed E-state index contributed by atoms with van der Waals surface area (Å²) in [5, 5.41) is 11.6. The predicted octanol–water partition coefficient (Wildman–Crippen LogP) is 4.85. The minimum absolute atomic E-state index is 0.268. The zero-order valence-electron chi connectivity index (χ0n) is 17.3. The van der Waals surface area contributed by atoms with Gasteiger partial charge in [0, 0.05) is 22.7 Å². The van der Waals surface area contributed by atoms with Crippen molar-refractivity contribution < 1.29 is 13.9 Å². The van der Waals surface area contributed by atoms with Crippen LogP contribution in [0, 0.1) is 11.7 Å². The number of ether oxygens (including phenoxy) is 1. The third-order valence-corrected chi connectivity index (χ3v) is 6.67. The number of anilines is 2. The van der Waals surface area contributed by atoms with E-state index in [1.165, 1.54) is 18.1 Å². The molecule has 3 aromatic rings. The molecule has 0 bridgehead atoms. The summed E-state index contributed by atoms with van der Waals surface area (Å²) in [7, 11) is 1.39. The van der Waals surface area contributed by atoms with E-state index in [0.29, 0.717) is 39.5 Å². The maximum atomic E-state index is 13.9. The highest BCUT2D eigenvalue weighted by Crippen LogP contribution is 2.40. The molecule has 1 aliphatic carbocycles. The molecule has 2 heterocycles. The average Bonchev–Trinajstić information content (AvgIpc) is 3.32. The second-order valence-electron chi connectivity index (χ2n) is 7.62. The number of nitrogens with zero attached hydrogens (tertiary/aromatic N) is 2. The van der Waals surface area contributed by atoms with Crippen molar-refractivity contribution >= 4 is 45.5 Å². The normalized spacial score (nSPS) is 15.3. The Morgan fingerprint density at radius 1 is 1.35 bits per heavy atom. The molecule has 0 spiro atoms. The second-order valence-corrected chi connectivity index (χ2v) is 9.13. The first-order valence-corrected chi connectivity index (χ1v) is 11.2. The number of hydrogen-bond acceptors (Lipinski definition) is 5. The van der Waals surface area contributed by atoms with E-state index in [0.717, 1.165) is 24.8 Å². The molecule has 2 aromatic heterocycles. The largest absolute Gasteiger partial charge is 0.465 e. The maximum absolute atomic E-state index is 13.9. The van der Waals surface area contributed by atoms with E-state index in [2.05, 4.69) is 22.7 Å². The van der Waals surface area contributed by atoms with Gasteiger partial charge in [-0.15, -0.1) is 11.3 Å². The van der Waals surface area contributed by atoms with Gasteiger partial charge in [-0.2, -0.15) is 5.10 Å². The van der Waals surface area contributed by atoms with Gasteiger partial charge in [-0.05, 0) is 49.0 Å². The van der Waals surface area contributed by atoms with E-state index in [9.17, 15) is 9.18 Å². The molecule has 0 radical (unpaired) electrons. The van der Waals surface area contributed by atoms with Gasteiger partial charge in [-0.3, -0.25) is 4.68 Å². The molecule has 0 saturated heterocycles. The molecule has 1 atom stereocenters. The standard InChI is InChI=1S/C22H23FN4O2S2/c1-13-7-8-15-17(11-13)31-20(19(15)21(28)29-2)25-22(30)24-18-9-10-27(26-18)12-14-5-3-4-6-16(14)23/h3-6,9-10,13H,7-8,11-12H2,1-2H3,(H2,24,25,26,30). The summed E-state index contributed by atoms with van der Waals surface area (Å²) in [6.07, 6.45) is 4.61. The van der Waals surface area contributed by atoms with E-state index in [1.807, 2.05) is 0 Å². The maximum Gasteiger partial charge on any atom is 0.341 e. The number of methoxy groups -OCH3 is 1. The SMILES string of the molecule is COC(=O)c1c(NC(=S)Nc2ccn(Cc3ccccc3F)n2)sc2c1CCC(C)C2. The van der Waals surface area contributed by atoms with Crippen LogP contribution in [-0.2, 0) is 24.1 Å². The van der Waals surface area contributed by atoms with Crippen LogP contribution in [0.5, 0.6) is 0 Å². The molecular formula is C22H23FN4O2S2. The molecule has 1 aliphatic rings. The Morgan fingerprint density at radius 3 is 2.94 bits per heavy atom. The zero-order chi connectivity index (χ0) is 22.0. The molecule has 1 unspecified atom stereocenters. The Kier molecular flexibility index (Phi) is 6.33. The fourth-order valence-corrected chi connectivity index (χ4v) is 5.40. The first kappa shape index (κ1) is 21.5. The second kappa shape index (κ2) is 9.15. The average molecular weight is 459 g/mol. The van der Waals surface area contributed by atoms with Crippen molar-refractivity contribution in [2.24, 2.45) is 5.92 Å². The van der Waals surface area contributed by atoms with Gasteiger partial charge in [0.2, 0.25) is 0 Å². The van der Waals surface area contributed by atoms with Crippen LogP contribution in [0.4, 0.5) is 15.2 Å². The van der Waals surface area contributed by atoms with Gasteiger partial charge in [0.25, 0.3) is 0 Å². The third-order valence-electron chi connectivity index (χ3n) is 5.30. The van der Waals surface area contributed by atoms with Gasteiger partial charge in [-0.25, -0.2) is 9.18 Å². The van der Waals surface area contributed by atoms with Crippen LogP contribution >= 0.6 is 23.6 Å². The molecular weight excluding hydrogens is 435 g/mol. The van der Waals surface area contributed by atoms with Crippen LogP contribution in [0.3, 0.4) is 0 Å². The number of hydrogen-bond donors (Lipinski definition) is 2. The molecule has 9 heteroatoms. The van der Waals surface area contributed by atoms with E-state index in [-0.39, 0.29) is 11.8 Å². The van der Waals surface area contributed by atoms with Crippen molar-refractivity contribution in [2.75, 3.05) is 17.7 Å². The van der Waals surface area contributed by atoms with Crippen molar-refractivity contribution in [3.8, 4) is 0 Å². The van der Waals surface area contributed by atoms with Crippen LogP contribution in [0.1, 0.15) is 39.7 Å². The Balaban J connectivity index is 1.47. The van der Waals surface area contributed by atoms with Crippen molar-refractivity contribution in [2.45, 2.75) is 32.7 Å². The van der Waals surface area contributed by atoms with Crippen LogP contribution in [-0.4, -0.2) is 28.0 Å². The smallest absolute Gasteiger partial charge is 0.341 e. The number of aromatic nitrogens is 2. The lowest BCUT2D eigenvalue weighted by Gasteiger charge is -2.18. The van der Waals surface area contributed by atoms with Crippen LogP contribution < -0.4 is 10.6 Å². The molecule has 162 valence electrons. The predicted molar refractivity (Wildman–Crippen MR) is 124 cm³/mol. The Bertz CT molecular complexity index is 1120. The van der Waals surface area contributed by atoms with Crippen molar-refractivity contribution in [1.82, 2.24) is 9.78 Å². The number of carbonyl (C=O) groups excluding carboxylic acids is 1. The summed E-state index contributed by atoms with van der Waals surface area (Å²) >= 11 is 7.00. The molecule has 0 fully saturated rings. The lowest BCUT2D eigenvalue weighted by atomic mass is 9.88. The Morgan fingerprint density at radius 2 is 2.16 bits per heavy atom. The molecule has 6 nitrogen and oxygen atoms in total. The number of nitrogens with one attached hydrogen (secondary N) is 2. The molecule has 1 aromatic carbocycles. The number of carbonyl (C=O) groups is 1. The van der Waals surface area contributed by atoms with Crippen molar-refractivity contribution in [1.29, 1.82) is 0 Å². The summed E-state index contributed by atoms with van der Waals surface area (Å²) in [6.45, 7) is 2.54. The van der Waals surface area contributed by atoms with Gasteiger partial charge in [0.05, 0.1) is 19.2 Å². The highest BCUT2D eigenvalue weighted by atomic mass is 32.1. The molecule has 0 aliphatic heterocycles. The summed E-state index contributed by atoms with van der Waals surface area (Å²) in [5.74, 6) is 0.499. The first-order chi connectivity index (χ1) is 14.9. The summed E-state index contributed by atoms with van der Waals surface area (Å²) in [6, 6.07) is 8.36. The van der Waals surface area contributed by atoms with E-state index < -0.39 is 0 Å². The van der Waals surface area contributed by atoms with Crippen LogP contribution in [0.15, 0.2) is 36.5 Å². The van der Waals surface area contributed by atoms with Gasteiger partial charge in [0.1, 0.15) is 10.8 Å². The van der Waals surface area contributed by atoms with Crippen LogP contribution in [0.25, 0.3) is 0 Å². The molecule has 4 rings (SSSR count). The summed E-state index contributed by atoms with van der Waals surface area (Å²) in [5.41, 5.74) is 2.19. The number of fused-ring (bicyclic) bond motifs is 1. The third kappa shape index (κ3) is 4.77. The highest BCUT2D eigenvalue weighted by molar-refractivity contribution is 7.80. The number of esters is 1. The summed E-state index contributed by atoms with van der Waals surface area (Å²) in [4.78, 5) is 13.6. The van der Waals surface area contributed by atoms with E-state index in [1.54, 1.807) is 46.5 Å². The summed E-state index contributed by atoms with van der Waals surface area (Å²) < 4.78 is 20.5. The fraction of sp³-hybridized carbons (Fsp3) is 0.318. The zero-order valence-corrected chi connectivity index (χ0v) is 18.9. The topological polar surface area (TPSA) is 68.2 Å². The lowest BCUT2D eigenvalue weighted by Crippen LogP contribution is -2.21. The Hall–Kier alpha value is -2.78. The van der Waals surface area contributed by atoms with Gasteiger partial charge < -0.3 is 15.4 Å². The van der Waals surface area contributed by atoms with Gasteiger partial charge in [0.15, 0.2) is 10.9 Å². The number of thiocarbonyl (C=S) groups is 1. The van der Waals surface area contributed by atoms with E-state index >= 15 is 0 Å². The van der Waals surface area contributed by atoms with E-state index in [4.69, 9.17) is 17.0 Å². The molecule has 2 N–H and O–H groups in total. The minimum Gasteiger partial charge on any atom is -0.465 e. The minimum atomic E-state index is -0.355. The quantitative estimate of drug-likeness (QED) is 0.421. The molecule has 0 saturated carbocycles. The van der Waals surface area contributed by atoms with Crippen molar-refractivity contribution in [3.63, 3.8) is 0 Å². The van der Waals surface area contributed by atoms with Crippen LogP contribution in [0.2, 0.25) is 0 Å². The Labute approximate surface area is 189 Å². The van der Waals surface area contributed by atoms with Crippen molar-refractivity contribution in [3.05, 3.63) is 63.9 Å². The number of rotatable bonds is 5. The van der Waals surface area contributed by atoms with Gasteiger partial charge in [-0.1, -0.05) is 25.1 Å². The number of halogens is 1. The lowest BCUT2D eigenvalue weighted by molar-refractivity contribution is 0.0601. The highest BCUT2D eigenvalue weighted by Gasteiger charge is 2.28.